The minimum absolute atomic E-state index is 0.0247. The van der Waals surface area contributed by atoms with Crippen LogP contribution in [0.5, 0.6) is 0 Å². The first-order valence-electron chi connectivity index (χ1n) is 44.1. The Morgan fingerprint density at radius 1 is 0.233 bits per heavy atom. The Morgan fingerprint density at radius 3 is 0.667 bits per heavy atom. The lowest BCUT2D eigenvalue weighted by Crippen LogP contribution is -2.62. The summed E-state index contributed by atoms with van der Waals surface area (Å²) in [5.74, 6) is -3.37. The van der Waals surface area contributed by atoms with Gasteiger partial charge in [-0.25, -0.2) is 118 Å². The molecule has 1 N–H and O–H groups in total. The van der Waals surface area contributed by atoms with Crippen LogP contribution in [0.3, 0.4) is 0 Å². The third-order valence-electron chi connectivity index (χ3n) is 27.1. The number of ether oxygens (including phenoxy) is 1. The Hall–Kier alpha value is -10.9. The molecule has 41 nitrogen and oxygen atoms in total. The molecule has 16 aliphatic rings. The molecule has 0 saturated carbocycles. The maximum Gasteiger partial charge on any atom is 0.429 e. The van der Waals surface area contributed by atoms with Crippen molar-refractivity contribution in [3.63, 3.8) is 0 Å². The highest BCUT2D eigenvalue weighted by molar-refractivity contribution is 5.97. The number of amides is 23. The van der Waals surface area contributed by atoms with E-state index in [1.54, 1.807) is 0 Å². The molecule has 41 heteroatoms. The van der Waals surface area contributed by atoms with Gasteiger partial charge in [-0.05, 0) is 166 Å². The summed E-state index contributed by atoms with van der Waals surface area (Å²) in [6.45, 7) is 5.68. The molecule has 0 bridgehead atoms. The van der Waals surface area contributed by atoms with Gasteiger partial charge in [-0.2, -0.15) is 0 Å². The van der Waals surface area contributed by atoms with Gasteiger partial charge < -0.3 is 44.4 Å². The summed E-state index contributed by atoms with van der Waals surface area (Å²) in [5, 5.41) is 25.2. The smallest absolute Gasteiger partial charge is 0.429 e. The van der Waals surface area contributed by atoms with Gasteiger partial charge in [-0.15, -0.1) is 0 Å². The first-order valence-corrected chi connectivity index (χ1v) is 44.1. The van der Waals surface area contributed by atoms with Crippen molar-refractivity contribution >= 4 is 95.6 Å². The molecule has 120 heavy (non-hydrogen) atoms. The SMILES string of the molecule is O=C(OCc1ccccc1)N1CCCN1C(=O)[C@@H]1CCCN1C(=O)N1CCCN1C(=O)[C@@H]1CCCN1C(=O)N1CCCN1C(=O)[C@@H]1CCCN1C(=O)N1CCCN1C(=O)[C@@H]1CCCN1C(=O)N1CCCN1C(=O)[C@@H]1CCCN1C(=O)N1CCCN1C(=O)[C@@H]1CCCN1C(=O)N1CCCN1C(=O)[C@@H]1CCCN1C(=O)N1CCCN1C(=O)[C@@H]1CCCN1. The number of benzene rings is 1. The Balaban J connectivity index is 0.491. The van der Waals surface area contributed by atoms with Crippen molar-refractivity contribution in [2.24, 2.45) is 0 Å². The fraction of sp³-hybridized carbons (Fsp3) is 0.722. The molecule has 1 aromatic rings. The van der Waals surface area contributed by atoms with Crippen LogP contribution in [0.4, 0.5) is 38.4 Å². The first-order chi connectivity index (χ1) is 58.3. The van der Waals surface area contributed by atoms with Crippen LogP contribution in [0.25, 0.3) is 0 Å². The summed E-state index contributed by atoms with van der Waals surface area (Å²) in [7, 11) is 0. The maximum absolute atomic E-state index is 15.0. The average molecular weight is 1670 g/mol. The molecular formula is C79H112N24O17. The van der Waals surface area contributed by atoms with Crippen LogP contribution in [-0.4, -0.2) is 415 Å². The van der Waals surface area contributed by atoms with Crippen molar-refractivity contribution in [3.05, 3.63) is 35.9 Å². The second-order valence-corrected chi connectivity index (χ2v) is 34.1. The van der Waals surface area contributed by atoms with Crippen LogP contribution in [0, 0.1) is 0 Å². The largest absolute Gasteiger partial charge is 0.443 e. The summed E-state index contributed by atoms with van der Waals surface area (Å²) in [5.41, 5.74) is 0.792. The van der Waals surface area contributed by atoms with Crippen LogP contribution >= 0.6 is 0 Å². The van der Waals surface area contributed by atoms with Gasteiger partial charge in [-0.3, -0.25) is 38.4 Å². The van der Waals surface area contributed by atoms with Crippen molar-refractivity contribution in [3.8, 4) is 0 Å². The fourth-order valence-corrected chi connectivity index (χ4v) is 21.2. The number of likely N-dealkylation sites (tertiary alicyclic amines) is 7. The van der Waals surface area contributed by atoms with Crippen molar-refractivity contribution in [2.45, 2.75) is 209 Å². The van der Waals surface area contributed by atoms with Crippen LogP contribution < -0.4 is 5.32 Å². The molecule has 0 aliphatic carbocycles. The topological polar surface area (TPSA) is 369 Å². The molecular weight excluding hydrogens is 1560 g/mol. The van der Waals surface area contributed by atoms with E-state index < -0.39 is 132 Å². The molecule has 8 atom stereocenters. The van der Waals surface area contributed by atoms with E-state index in [4.69, 9.17) is 4.74 Å². The van der Waals surface area contributed by atoms with Crippen molar-refractivity contribution in [1.82, 2.24) is 120 Å². The fourth-order valence-electron chi connectivity index (χ4n) is 21.2. The summed E-state index contributed by atoms with van der Waals surface area (Å²) in [6, 6.07) is -1.63. The highest BCUT2D eigenvalue weighted by Crippen LogP contribution is 2.37. The van der Waals surface area contributed by atoms with E-state index >= 15 is 9.59 Å². The van der Waals surface area contributed by atoms with Crippen LogP contribution in [-0.2, 0) is 49.7 Å². The summed E-state index contributed by atoms with van der Waals surface area (Å²) in [4.78, 5) is 244. The second kappa shape index (κ2) is 34.7. The summed E-state index contributed by atoms with van der Waals surface area (Å²) < 4.78 is 5.58. The van der Waals surface area contributed by atoms with E-state index in [2.05, 4.69) is 5.32 Å². The quantitative estimate of drug-likeness (QED) is 0.349. The molecule has 0 radical (unpaired) electrons. The number of carbonyl (C=O) groups is 16. The van der Waals surface area contributed by atoms with Crippen LogP contribution in [0.2, 0.25) is 0 Å². The van der Waals surface area contributed by atoms with E-state index in [1.165, 1.54) is 114 Å². The second-order valence-electron chi connectivity index (χ2n) is 34.1. The molecule has 1 aromatic carbocycles. The van der Waals surface area contributed by atoms with E-state index in [-0.39, 0.29) is 169 Å². The lowest BCUT2D eigenvalue weighted by molar-refractivity contribution is -0.149. The van der Waals surface area contributed by atoms with E-state index in [0.29, 0.717) is 148 Å². The van der Waals surface area contributed by atoms with Gasteiger partial charge in [0.1, 0.15) is 48.9 Å². The minimum atomic E-state index is -1.01. The molecule has 16 saturated heterocycles. The van der Waals surface area contributed by atoms with Gasteiger partial charge in [0, 0.05) is 151 Å². The third kappa shape index (κ3) is 15.0. The zero-order valence-corrected chi connectivity index (χ0v) is 68.4. The third-order valence-corrected chi connectivity index (χ3v) is 27.1. The Bertz CT molecular complexity index is 4150. The molecule has 16 fully saturated rings. The van der Waals surface area contributed by atoms with Crippen molar-refractivity contribution < 1.29 is 81.4 Å². The number of nitrogens with zero attached hydrogens (tertiary/aromatic N) is 23. The molecule has 0 unspecified atom stereocenters. The van der Waals surface area contributed by atoms with E-state index in [1.807, 2.05) is 30.3 Å². The zero-order valence-electron chi connectivity index (χ0n) is 68.4. The van der Waals surface area contributed by atoms with Gasteiger partial charge >= 0.3 is 48.3 Å². The van der Waals surface area contributed by atoms with Crippen molar-refractivity contribution in [1.29, 1.82) is 0 Å². The first kappa shape index (κ1) is 81.5. The van der Waals surface area contributed by atoms with E-state index in [0.717, 1.165) is 18.5 Å². The zero-order chi connectivity index (χ0) is 83.3. The van der Waals surface area contributed by atoms with E-state index in [9.17, 15) is 67.1 Å². The molecule has 16 heterocycles. The maximum atomic E-state index is 15.0. The van der Waals surface area contributed by atoms with Crippen LogP contribution in [0.1, 0.15) is 160 Å². The Labute approximate surface area is 695 Å². The normalized spacial score (nSPS) is 27.2. The summed E-state index contributed by atoms with van der Waals surface area (Å²) in [6.07, 6.45) is 10.2. The monoisotopic (exact) mass is 1670 g/mol. The highest BCUT2D eigenvalue weighted by Gasteiger charge is 2.55. The van der Waals surface area contributed by atoms with Gasteiger partial charge in [0.25, 0.3) is 47.3 Å². The Morgan fingerprint density at radius 2 is 0.442 bits per heavy atom. The number of hydrogen-bond acceptors (Lipinski definition) is 18. The number of hydrogen-bond donors (Lipinski definition) is 1. The highest BCUT2D eigenvalue weighted by atomic mass is 16.6. The lowest BCUT2D eigenvalue weighted by Gasteiger charge is -2.40. The number of carbonyl (C=O) groups excluding carboxylic acids is 16. The predicted octanol–water partition coefficient (Wildman–Crippen LogP) is 1.76. The number of hydrazine groups is 8. The van der Waals surface area contributed by atoms with Gasteiger partial charge in [0.15, 0.2) is 0 Å². The number of rotatable bonds is 10. The average Bonchev–Trinajstić information content (AvgIpc) is 1.60. The molecule has 0 spiro atoms. The van der Waals surface area contributed by atoms with Gasteiger partial charge in [0.05, 0.1) is 6.04 Å². The standard InChI is InChI=1S/C79H112N24O17/c104-64(56-22-4-30-80-56)88-38-12-46-96(88)72(112)81-31-5-23-57(81)65(105)89-39-13-47-97(89)73(113)82-32-6-24-58(82)66(106)90-40-14-48-98(90)74(114)83-33-7-25-59(83)67(107)91-41-15-49-99(91)75(115)84-34-8-26-60(84)68(108)92-42-16-50-100(92)76(116)85-35-9-27-61(85)69(109)93-43-17-51-101(93)77(117)86-36-10-28-62(86)70(110)94-44-18-52-102(94)78(118)87-37-11-29-63(87)71(111)95-45-19-53-103(95)79(119)120-54-55-20-2-1-3-21-55/h1-3,20-21,56-63,80H,4-19,22-54H2/t56-,57-,58-,59-,60-,61-,62-,63-/m0/s1. The van der Waals surface area contributed by atoms with Crippen LogP contribution in [0.15, 0.2) is 30.3 Å². The predicted molar refractivity (Wildman–Crippen MR) is 418 cm³/mol. The Kier molecular flexibility index (Phi) is 23.5. The molecule has 650 valence electrons. The van der Waals surface area contributed by atoms with Crippen molar-refractivity contribution in [2.75, 3.05) is 157 Å². The number of urea groups is 7. The number of nitrogens with one attached hydrogen (secondary N) is 1. The molecule has 17 rings (SSSR count). The molecule has 23 amide bonds. The lowest BCUT2D eigenvalue weighted by atomic mass is 10.2. The van der Waals surface area contributed by atoms with Gasteiger partial charge in [0.2, 0.25) is 0 Å². The van der Waals surface area contributed by atoms with Gasteiger partial charge in [-0.1, -0.05) is 30.3 Å². The molecule has 16 aliphatic heterocycles. The molecule has 0 aromatic heterocycles. The minimum Gasteiger partial charge on any atom is -0.443 e. The summed E-state index contributed by atoms with van der Waals surface area (Å²) >= 11 is 0.